The Morgan fingerprint density at radius 1 is 1.39 bits per heavy atom. The van der Waals surface area contributed by atoms with Gasteiger partial charge < -0.3 is 10.2 Å². The van der Waals surface area contributed by atoms with Gasteiger partial charge in [-0.2, -0.15) is 0 Å². The second kappa shape index (κ2) is 5.11. The minimum atomic E-state index is -0.269. The zero-order valence-corrected chi connectivity index (χ0v) is 11.5. The van der Waals surface area contributed by atoms with Crippen molar-refractivity contribution in [1.82, 2.24) is 5.32 Å². The number of carbonyl (C=O) groups is 1. The van der Waals surface area contributed by atoms with Gasteiger partial charge in [0.1, 0.15) is 0 Å². The molecule has 3 heteroatoms. The standard InChI is InChI=1S/C15H22N2O/c1-12-7-4-5-8-13(12)17(3)14(18)15(2)9-6-10-16-11-15/h4-5,7-8,16H,6,9-11H2,1-3H3. The summed E-state index contributed by atoms with van der Waals surface area (Å²) in [7, 11) is 1.88. The van der Waals surface area contributed by atoms with Crippen LogP contribution >= 0.6 is 0 Å². The molecular formula is C15H22N2O. The molecule has 1 N–H and O–H groups in total. The number of hydrogen-bond donors (Lipinski definition) is 1. The van der Waals surface area contributed by atoms with Crippen molar-refractivity contribution >= 4 is 11.6 Å². The minimum absolute atomic E-state index is 0.212. The number of rotatable bonds is 2. The zero-order chi connectivity index (χ0) is 13.2. The van der Waals surface area contributed by atoms with Crippen molar-refractivity contribution in [1.29, 1.82) is 0 Å². The molecule has 1 aromatic rings. The van der Waals surface area contributed by atoms with Crippen LogP contribution in [-0.2, 0) is 4.79 Å². The molecular weight excluding hydrogens is 224 g/mol. The molecule has 0 bridgehead atoms. The van der Waals surface area contributed by atoms with Crippen LogP contribution in [0.4, 0.5) is 5.69 Å². The maximum atomic E-state index is 12.7. The Morgan fingerprint density at radius 3 is 2.72 bits per heavy atom. The first kappa shape index (κ1) is 13.1. The summed E-state index contributed by atoms with van der Waals surface area (Å²) in [5.74, 6) is 0.212. The van der Waals surface area contributed by atoms with E-state index in [-0.39, 0.29) is 11.3 Å². The Kier molecular flexibility index (Phi) is 3.71. The second-order valence-corrected chi connectivity index (χ2v) is 5.49. The van der Waals surface area contributed by atoms with Gasteiger partial charge in [-0.3, -0.25) is 4.79 Å². The monoisotopic (exact) mass is 246 g/mol. The molecule has 1 amide bonds. The molecule has 18 heavy (non-hydrogen) atoms. The fraction of sp³-hybridized carbons (Fsp3) is 0.533. The first-order valence-electron chi connectivity index (χ1n) is 6.59. The summed E-state index contributed by atoms with van der Waals surface area (Å²) in [5, 5.41) is 3.33. The second-order valence-electron chi connectivity index (χ2n) is 5.49. The lowest BCUT2D eigenvalue weighted by Gasteiger charge is -2.36. The van der Waals surface area contributed by atoms with E-state index in [4.69, 9.17) is 0 Å². The van der Waals surface area contributed by atoms with Crippen LogP contribution in [0.25, 0.3) is 0 Å². The minimum Gasteiger partial charge on any atom is -0.316 e. The van der Waals surface area contributed by atoms with Crippen LogP contribution in [0.1, 0.15) is 25.3 Å². The predicted molar refractivity (Wildman–Crippen MR) is 74.8 cm³/mol. The Balaban J connectivity index is 2.21. The number of aryl methyl sites for hydroxylation is 1. The first-order valence-corrected chi connectivity index (χ1v) is 6.59. The molecule has 1 unspecified atom stereocenters. The molecule has 1 heterocycles. The lowest BCUT2D eigenvalue weighted by molar-refractivity contribution is -0.128. The van der Waals surface area contributed by atoms with E-state index in [2.05, 4.69) is 12.2 Å². The van der Waals surface area contributed by atoms with Crippen molar-refractivity contribution in [2.24, 2.45) is 5.41 Å². The number of piperidine rings is 1. The van der Waals surface area contributed by atoms with Crippen molar-refractivity contribution in [3.8, 4) is 0 Å². The molecule has 3 nitrogen and oxygen atoms in total. The van der Waals surface area contributed by atoms with Crippen molar-refractivity contribution in [3.63, 3.8) is 0 Å². The molecule has 1 saturated heterocycles. The molecule has 1 aliphatic rings. The summed E-state index contributed by atoms with van der Waals surface area (Å²) in [5.41, 5.74) is 1.88. The third kappa shape index (κ3) is 2.41. The van der Waals surface area contributed by atoms with Crippen LogP contribution in [-0.4, -0.2) is 26.0 Å². The third-order valence-electron chi connectivity index (χ3n) is 3.90. The van der Waals surface area contributed by atoms with Gasteiger partial charge >= 0.3 is 0 Å². The number of para-hydroxylation sites is 1. The van der Waals surface area contributed by atoms with Gasteiger partial charge in [0.15, 0.2) is 0 Å². The van der Waals surface area contributed by atoms with Gasteiger partial charge in [0.25, 0.3) is 0 Å². The average Bonchev–Trinajstić information content (AvgIpc) is 2.38. The van der Waals surface area contributed by atoms with E-state index in [1.165, 1.54) is 0 Å². The summed E-state index contributed by atoms with van der Waals surface area (Å²) in [6, 6.07) is 8.03. The van der Waals surface area contributed by atoms with Crippen LogP contribution in [0, 0.1) is 12.3 Å². The highest BCUT2D eigenvalue weighted by atomic mass is 16.2. The molecule has 0 spiro atoms. The van der Waals surface area contributed by atoms with Crippen molar-refractivity contribution in [2.75, 3.05) is 25.0 Å². The highest BCUT2D eigenvalue weighted by Gasteiger charge is 2.37. The highest BCUT2D eigenvalue weighted by Crippen LogP contribution is 2.30. The van der Waals surface area contributed by atoms with E-state index >= 15 is 0 Å². The summed E-state index contributed by atoms with van der Waals surface area (Å²) in [4.78, 5) is 14.5. The average molecular weight is 246 g/mol. The Hall–Kier alpha value is -1.35. The van der Waals surface area contributed by atoms with Crippen LogP contribution in [0.5, 0.6) is 0 Å². The topological polar surface area (TPSA) is 32.3 Å². The van der Waals surface area contributed by atoms with Gasteiger partial charge in [-0.15, -0.1) is 0 Å². The van der Waals surface area contributed by atoms with Gasteiger partial charge in [0.2, 0.25) is 5.91 Å². The molecule has 0 aromatic heterocycles. The van der Waals surface area contributed by atoms with Crippen molar-refractivity contribution in [2.45, 2.75) is 26.7 Å². The molecule has 1 aliphatic heterocycles. The highest BCUT2D eigenvalue weighted by molar-refractivity contribution is 5.97. The molecule has 0 saturated carbocycles. The van der Waals surface area contributed by atoms with E-state index in [0.29, 0.717) is 0 Å². The lowest BCUT2D eigenvalue weighted by atomic mass is 9.81. The number of carbonyl (C=O) groups excluding carboxylic acids is 1. The zero-order valence-electron chi connectivity index (χ0n) is 11.5. The largest absolute Gasteiger partial charge is 0.316 e. The Labute approximate surface area is 109 Å². The molecule has 0 radical (unpaired) electrons. The fourth-order valence-corrected chi connectivity index (χ4v) is 2.69. The Bertz CT molecular complexity index is 436. The molecule has 1 fully saturated rings. The number of benzene rings is 1. The molecule has 1 aromatic carbocycles. The van der Waals surface area contributed by atoms with Crippen LogP contribution in [0.2, 0.25) is 0 Å². The van der Waals surface area contributed by atoms with E-state index in [0.717, 1.165) is 37.2 Å². The number of amides is 1. The summed E-state index contributed by atoms with van der Waals surface area (Å²) in [6.45, 7) is 5.91. The normalized spacial score (nSPS) is 23.7. The molecule has 98 valence electrons. The fourth-order valence-electron chi connectivity index (χ4n) is 2.69. The van der Waals surface area contributed by atoms with Crippen LogP contribution in [0.15, 0.2) is 24.3 Å². The molecule has 1 atom stereocenters. The quantitative estimate of drug-likeness (QED) is 0.868. The van der Waals surface area contributed by atoms with Gasteiger partial charge in [0, 0.05) is 19.3 Å². The number of anilines is 1. The van der Waals surface area contributed by atoms with Gasteiger partial charge in [-0.1, -0.05) is 18.2 Å². The van der Waals surface area contributed by atoms with E-state index in [1.807, 2.05) is 43.1 Å². The van der Waals surface area contributed by atoms with Gasteiger partial charge in [0.05, 0.1) is 5.41 Å². The predicted octanol–water partition coefficient (Wildman–Crippen LogP) is 2.35. The van der Waals surface area contributed by atoms with E-state index in [9.17, 15) is 4.79 Å². The lowest BCUT2D eigenvalue weighted by Crippen LogP contribution is -2.49. The molecule has 0 aliphatic carbocycles. The summed E-state index contributed by atoms with van der Waals surface area (Å²) in [6.07, 6.45) is 2.04. The van der Waals surface area contributed by atoms with Crippen LogP contribution < -0.4 is 10.2 Å². The maximum Gasteiger partial charge on any atom is 0.233 e. The smallest absolute Gasteiger partial charge is 0.233 e. The maximum absolute atomic E-state index is 12.7. The van der Waals surface area contributed by atoms with E-state index < -0.39 is 0 Å². The number of nitrogens with zero attached hydrogens (tertiary/aromatic N) is 1. The van der Waals surface area contributed by atoms with E-state index in [1.54, 1.807) is 0 Å². The van der Waals surface area contributed by atoms with Crippen LogP contribution in [0.3, 0.4) is 0 Å². The third-order valence-corrected chi connectivity index (χ3v) is 3.90. The SMILES string of the molecule is Cc1ccccc1N(C)C(=O)C1(C)CCCNC1. The van der Waals surface area contributed by atoms with Gasteiger partial charge in [-0.05, 0) is 44.9 Å². The van der Waals surface area contributed by atoms with Crippen molar-refractivity contribution in [3.05, 3.63) is 29.8 Å². The first-order chi connectivity index (χ1) is 8.54. The number of nitrogens with one attached hydrogen (secondary N) is 1. The summed E-state index contributed by atoms with van der Waals surface area (Å²) < 4.78 is 0. The Morgan fingerprint density at radius 2 is 2.11 bits per heavy atom. The van der Waals surface area contributed by atoms with Gasteiger partial charge in [-0.25, -0.2) is 0 Å². The molecule has 2 rings (SSSR count). The summed E-state index contributed by atoms with van der Waals surface area (Å²) >= 11 is 0. The van der Waals surface area contributed by atoms with Crippen molar-refractivity contribution < 1.29 is 4.79 Å². The number of hydrogen-bond acceptors (Lipinski definition) is 2.